The van der Waals surface area contributed by atoms with E-state index in [1.54, 1.807) is 0 Å². The summed E-state index contributed by atoms with van der Waals surface area (Å²) in [5, 5.41) is 8.59. The van der Waals surface area contributed by atoms with E-state index in [-0.39, 0.29) is 26.2 Å². The predicted octanol–water partition coefficient (Wildman–Crippen LogP) is 3.63. The number of rotatable bonds is 4. The smallest absolute Gasteiger partial charge is 0.337 e. The van der Waals surface area contributed by atoms with Crippen LogP contribution in [0.1, 0.15) is 10.4 Å². The van der Waals surface area contributed by atoms with Crippen molar-refractivity contribution in [3.05, 3.63) is 57.8 Å². The number of halogens is 3. The number of carboxylic acid groups (broad SMARTS) is 1. The SMILES string of the molecule is O=C(O)c1cc(S(=O)(=O)Nc2cccc(Cl)c2F)ccc1Cl. The Morgan fingerprint density at radius 1 is 1.14 bits per heavy atom. The Morgan fingerprint density at radius 3 is 2.45 bits per heavy atom. The molecule has 0 aliphatic carbocycles. The minimum absolute atomic E-state index is 0.111. The quantitative estimate of drug-likeness (QED) is 0.868. The molecule has 0 saturated carbocycles. The molecule has 0 aliphatic rings. The zero-order valence-electron chi connectivity index (χ0n) is 10.7. The molecule has 2 N–H and O–H groups in total. The number of benzene rings is 2. The molecule has 5 nitrogen and oxygen atoms in total. The van der Waals surface area contributed by atoms with Gasteiger partial charge in [-0.3, -0.25) is 4.72 Å². The molecule has 0 aromatic heterocycles. The number of carbonyl (C=O) groups is 1. The van der Waals surface area contributed by atoms with E-state index in [0.717, 1.165) is 18.2 Å². The van der Waals surface area contributed by atoms with Crippen LogP contribution in [0.15, 0.2) is 41.3 Å². The first-order chi connectivity index (χ1) is 10.2. The van der Waals surface area contributed by atoms with Crippen molar-refractivity contribution in [2.24, 2.45) is 0 Å². The summed E-state index contributed by atoms with van der Waals surface area (Å²) in [7, 11) is -4.20. The zero-order chi connectivity index (χ0) is 16.5. The van der Waals surface area contributed by atoms with Gasteiger partial charge in [0.2, 0.25) is 0 Å². The van der Waals surface area contributed by atoms with Gasteiger partial charge in [0.15, 0.2) is 5.82 Å². The summed E-state index contributed by atoms with van der Waals surface area (Å²) >= 11 is 11.2. The van der Waals surface area contributed by atoms with Gasteiger partial charge in [0.1, 0.15) is 0 Å². The van der Waals surface area contributed by atoms with Crippen LogP contribution in [0.3, 0.4) is 0 Å². The van der Waals surface area contributed by atoms with Crippen LogP contribution in [0.25, 0.3) is 0 Å². The Morgan fingerprint density at radius 2 is 1.82 bits per heavy atom. The van der Waals surface area contributed by atoms with Crippen LogP contribution < -0.4 is 4.72 Å². The normalized spacial score (nSPS) is 11.2. The average molecular weight is 364 g/mol. The van der Waals surface area contributed by atoms with E-state index in [1.165, 1.54) is 18.2 Å². The molecule has 9 heteroatoms. The van der Waals surface area contributed by atoms with Gasteiger partial charge >= 0.3 is 5.97 Å². The van der Waals surface area contributed by atoms with Crippen LogP contribution in [0, 0.1) is 5.82 Å². The van der Waals surface area contributed by atoms with Gasteiger partial charge in [-0.2, -0.15) is 0 Å². The number of sulfonamides is 1. The first-order valence-corrected chi connectivity index (χ1v) is 7.96. The monoisotopic (exact) mass is 363 g/mol. The predicted molar refractivity (Wildman–Crippen MR) is 80.6 cm³/mol. The molecule has 0 saturated heterocycles. The summed E-state index contributed by atoms with van der Waals surface area (Å²) in [6, 6.07) is 6.95. The third kappa shape index (κ3) is 3.32. The molecule has 0 fully saturated rings. The highest BCUT2D eigenvalue weighted by Crippen LogP contribution is 2.26. The Bertz CT molecular complexity index is 855. The van der Waals surface area contributed by atoms with Crippen LogP contribution >= 0.6 is 23.2 Å². The van der Waals surface area contributed by atoms with Crippen molar-refractivity contribution in [2.75, 3.05) is 4.72 Å². The molecule has 0 spiro atoms. The van der Waals surface area contributed by atoms with E-state index in [1.807, 2.05) is 4.72 Å². The van der Waals surface area contributed by atoms with Gasteiger partial charge in [-0.25, -0.2) is 17.6 Å². The Labute approximate surface area is 135 Å². The lowest BCUT2D eigenvalue weighted by atomic mass is 10.2. The summed E-state index contributed by atoms with van der Waals surface area (Å²) in [6.45, 7) is 0. The largest absolute Gasteiger partial charge is 0.478 e. The Hall–Kier alpha value is -1.83. The van der Waals surface area contributed by atoms with Crippen molar-refractivity contribution in [1.29, 1.82) is 0 Å². The van der Waals surface area contributed by atoms with Gasteiger partial charge < -0.3 is 5.11 Å². The van der Waals surface area contributed by atoms with Crippen LogP contribution in [-0.2, 0) is 10.0 Å². The molecule has 0 heterocycles. The number of anilines is 1. The summed E-state index contributed by atoms with van der Waals surface area (Å²) in [5.74, 6) is -2.31. The first kappa shape index (κ1) is 16.5. The number of hydrogen-bond acceptors (Lipinski definition) is 3. The highest BCUT2D eigenvalue weighted by Gasteiger charge is 2.20. The summed E-state index contributed by atoms with van der Waals surface area (Å²) < 4.78 is 40.1. The fraction of sp³-hybridized carbons (Fsp3) is 0. The van der Waals surface area contributed by atoms with Gasteiger partial charge in [-0.15, -0.1) is 0 Å². The van der Waals surface area contributed by atoms with Gasteiger partial charge in [-0.1, -0.05) is 29.3 Å². The maximum Gasteiger partial charge on any atom is 0.337 e. The number of carboxylic acids is 1. The molecule has 0 amide bonds. The third-order valence-electron chi connectivity index (χ3n) is 2.67. The molecule has 116 valence electrons. The van der Waals surface area contributed by atoms with Crippen molar-refractivity contribution in [3.63, 3.8) is 0 Å². The van der Waals surface area contributed by atoms with Gasteiger partial charge in [0.25, 0.3) is 10.0 Å². The fourth-order valence-electron chi connectivity index (χ4n) is 1.62. The minimum atomic E-state index is -4.20. The molecular weight excluding hydrogens is 356 g/mol. The van der Waals surface area contributed by atoms with Gasteiger partial charge in [0.05, 0.1) is 26.2 Å². The minimum Gasteiger partial charge on any atom is -0.478 e. The summed E-state index contributed by atoms with van der Waals surface area (Å²) in [5.41, 5.74) is -0.726. The van der Waals surface area contributed by atoms with E-state index >= 15 is 0 Å². The maximum absolute atomic E-state index is 13.7. The van der Waals surface area contributed by atoms with Crippen LogP contribution in [0.2, 0.25) is 10.0 Å². The van der Waals surface area contributed by atoms with E-state index in [2.05, 4.69) is 0 Å². The molecule has 0 atom stereocenters. The molecule has 2 aromatic carbocycles. The molecule has 2 aromatic rings. The zero-order valence-corrected chi connectivity index (χ0v) is 13.0. The van der Waals surface area contributed by atoms with Crippen molar-refractivity contribution in [3.8, 4) is 0 Å². The van der Waals surface area contributed by atoms with Gasteiger partial charge in [0, 0.05) is 0 Å². The van der Waals surface area contributed by atoms with E-state index in [4.69, 9.17) is 28.3 Å². The Balaban J connectivity index is 2.45. The van der Waals surface area contributed by atoms with Crippen LogP contribution in [0.4, 0.5) is 10.1 Å². The van der Waals surface area contributed by atoms with Crippen LogP contribution in [-0.4, -0.2) is 19.5 Å². The standard InChI is InChI=1S/C13H8Cl2FNO4S/c14-9-5-4-7(6-8(9)13(18)19)22(20,21)17-11-3-1-2-10(15)12(11)16/h1-6,17H,(H,18,19). The lowest BCUT2D eigenvalue weighted by Crippen LogP contribution is -2.15. The molecule has 0 unspecified atom stereocenters. The van der Waals surface area contributed by atoms with E-state index < -0.39 is 21.8 Å². The Kier molecular flexibility index (Phi) is 4.60. The molecule has 0 aliphatic heterocycles. The molecular formula is C13H8Cl2FNO4S. The van der Waals surface area contributed by atoms with Gasteiger partial charge in [-0.05, 0) is 30.3 Å². The second-order valence-corrected chi connectivity index (χ2v) is 6.65. The lowest BCUT2D eigenvalue weighted by Gasteiger charge is -2.10. The highest BCUT2D eigenvalue weighted by molar-refractivity contribution is 7.92. The summed E-state index contributed by atoms with van der Waals surface area (Å²) in [6.07, 6.45) is 0. The highest BCUT2D eigenvalue weighted by atomic mass is 35.5. The van der Waals surface area contributed by atoms with Crippen LogP contribution in [0.5, 0.6) is 0 Å². The number of nitrogens with one attached hydrogen (secondary N) is 1. The van der Waals surface area contributed by atoms with E-state index in [9.17, 15) is 17.6 Å². The topological polar surface area (TPSA) is 83.5 Å². The second-order valence-electron chi connectivity index (χ2n) is 4.15. The number of aromatic carboxylic acids is 1. The average Bonchev–Trinajstić information content (AvgIpc) is 2.43. The molecule has 0 bridgehead atoms. The number of hydrogen-bond donors (Lipinski definition) is 2. The third-order valence-corrected chi connectivity index (χ3v) is 4.66. The second kappa shape index (κ2) is 6.12. The van der Waals surface area contributed by atoms with Crippen molar-refractivity contribution in [1.82, 2.24) is 0 Å². The molecule has 22 heavy (non-hydrogen) atoms. The fourth-order valence-corrected chi connectivity index (χ4v) is 3.08. The maximum atomic E-state index is 13.7. The van der Waals surface area contributed by atoms with E-state index in [0.29, 0.717) is 0 Å². The van der Waals surface area contributed by atoms with Crippen molar-refractivity contribution in [2.45, 2.75) is 4.90 Å². The van der Waals surface area contributed by atoms with Crippen molar-refractivity contribution >= 4 is 44.9 Å². The summed E-state index contributed by atoms with van der Waals surface area (Å²) in [4.78, 5) is 10.6. The molecule has 0 radical (unpaired) electrons. The lowest BCUT2D eigenvalue weighted by molar-refractivity contribution is 0.0697. The first-order valence-electron chi connectivity index (χ1n) is 5.72. The molecule has 2 rings (SSSR count). The van der Waals surface area contributed by atoms with Crippen molar-refractivity contribution < 1.29 is 22.7 Å².